The quantitative estimate of drug-likeness (QED) is 0.850. The van der Waals surface area contributed by atoms with Crippen molar-refractivity contribution in [2.45, 2.75) is 13.8 Å². The first kappa shape index (κ1) is 12.3. The number of rotatable bonds is 3. The van der Waals surface area contributed by atoms with Crippen LogP contribution >= 0.6 is 0 Å². The lowest BCUT2D eigenvalue weighted by Gasteiger charge is -2.00. The van der Waals surface area contributed by atoms with E-state index in [4.69, 9.17) is 4.74 Å². The summed E-state index contributed by atoms with van der Waals surface area (Å²) in [6.45, 7) is 3.86. The molecule has 0 saturated heterocycles. The second-order valence-corrected chi connectivity index (χ2v) is 3.87. The van der Waals surface area contributed by atoms with Crippen molar-refractivity contribution in [2.75, 3.05) is 6.61 Å². The Balaban J connectivity index is 2.35. The van der Waals surface area contributed by atoms with Crippen molar-refractivity contribution >= 4 is 5.97 Å². The molecule has 1 aromatic heterocycles. The van der Waals surface area contributed by atoms with Crippen molar-refractivity contribution in [1.82, 2.24) is 10.2 Å². The summed E-state index contributed by atoms with van der Waals surface area (Å²) in [5, 5.41) is 6.47. The molecule has 0 amide bonds. The summed E-state index contributed by atoms with van der Waals surface area (Å²) < 4.78 is 18.5. The maximum Gasteiger partial charge on any atom is 0.356 e. The second kappa shape index (κ2) is 5.00. The van der Waals surface area contributed by atoms with Gasteiger partial charge >= 0.3 is 5.97 Å². The monoisotopic (exact) mass is 248 g/mol. The molecule has 0 aliphatic heterocycles. The molecular weight excluding hydrogens is 235 g/mol. The number of aryl methyl sites for hydroxylation is 1. The van der Waals surface area contributed by atoms with Gasteiger partial charge in [0.1, 0.15) is 11.5 Å². The van der Waals surface area contributed by atoms with E-state index < -0.39 is 5.97 Å². The summed E-state index contributed by atoms with van der Waals surface area (Å²) in [6, 6.07) is 6.22. The number of hydrogen-bond acceptors (Lipinski definition) is 3. The molecule has 5 heteroatoms. The molecule has 0 aliphatic rings. The third-order valence-corrected chi connectivity index (χ3v) is 2.47. The van der Waals surface area contributed by atoms with Gasteiger partial charge in [-0.2, -0.15) is 5.10 Å². The summed E-state index contributed by atoms with van der Waals surface area (Å²) in [5.41, 5.74) is 1.89. The molecule has 1 aromatic carbocycles. The van der Waals surface area contributed by atoms with Crippen LogP contribution in [0.1, 0.15) is 23.0 Å². The van der Waals surface area contributed by atoms with Gasteiger partial charge in [0.25, 0.3) is 0 Å². The van der Waals surface area contributed by atoms with Crippen molar-refractivity contribution in [3.8, 4) is 11.3 Å². The minimum absolute atomic E-state index is 0.216. The summed E-state index contributed by atoms with van der Waals surface area (Å²) in [5.74, 6) is -0.869. The van der Waals surface area contributed by atoms with Gasteiger partial charge in [-0.25, -0.2) is 9.18 Å². The molecule has 0 aliphatic carbocycles. The van der Waals surface area contributed by atoms with Crippen LogP contribution in [-0.4, -0.2) is 22.8 Å². The van der Waals surface area contributed by atoms with Gasteiger partial charge in [-0.1, -0.05) is 11.6 Å². The summed E-state index contributed by atoms with van der Waals surface area (Å²) in [4.78, 5) is 11.5. The molecule has 0 radical (unpaired) electrons. The maximum absolute atomic E-state index is 13.6. The third kappa shape index (κ3) is 2.40. The fourth-order valence-electron chi connectivity index (χ4n) is 1.61. The first-order valence-electron chi connectivity index (χ1n) is 5.61. The lowest BCUT2D eigenvalue weighted by Crippen LogP contribution is -2.04. The molecule has 2 rings (SSSR count). The van der Waals surface area contributed by atoms with E-state index in [0.717, 1.165) is 5.56 Å². The predicted molar refractivity (Wildman–Crippen MR) is 64.7 cm³/mol. The van der Waals surface area contributed by atoms with E-state index in [1.165, 1.54) is 12.1 Å². The van der Waals surface area contributed by atoms with Crippen molar-refractivity contribution in [3.63, 3.8) is 0 Å². The molecule has 18 heavy (non-hydrogen) atoms. The van der Waals surface area contributed by atoms with Crippen LogP contribution in [0.4, 0.5) is 4.39 Å². The second-order valence-electron chi connectivity index (χ2n) is 3.87. The van der Waals surface area contributed by atoms with Crippen molar-refractivity contribution < 1.29 is 13.9 Å². The lowest BCUT2D eigenvalue weighted by atomic mass is 10.1. The van der Waals surface area contributed by atoms with Gasteiger partial charge in [0.2, 0.25) is 0 Å². The molecule has 94 valence electrons. The Kier molecular flexibility index (Phi) is 3.41. The highest BCUT2D eigenvalue weighted by atomic mass is 19.1. The van der Waals surface area contributed by atoms with E-state index >= 15 is 0 Å². The average Bonchev–Trinajstić information content (AvgIpc) is 2.82. The highest BCUT2D eigenvalue weighted by molar-refractivity contribution is 5.88. The topological polar surface area (TPSA) is 55.0 Å². The average molecular weight is 248 g/mol. The fraction of sp³-hybridized carbons (Fsp3) is 0.231. The van der Waals surface area contributed by atoms with Crippen molar-refractivity contribution in [2.24, 2.45) is 0 Å². The number of esters is 1. The normalized spacial score (nSPS) is 10.4. The molecular formula is C13H13FN2O2. The fourth-order valence-corrected chi connectivity index (χ4v) is 1.61. The van der Waals surface area contributed by atoms with E-state index in [1.807, 2.05) is 6.92 Å². The minimum Gasteiger partial charge on any atom is -0.461 e. The van der Waals surface area contributed by atoms with Gasteiger partial charge < -0.3 is 4.74 Å². The Hall–Kier alpha value is -2.17. The van der Waals surface area contributed by atoms with E-state index in [-0.39, 0.29) is 18.1 Å². The van der Waals surface area contributed by atoms with Crippen LogP contribution in [0, 0.1) is 12.7 Å². The summed E-state index contributed by atoms with van der Waals surface area (Å²) in [7, 11) is 0. The number of halogens is 1. The Bertz CT molecular complexity index is 578. The molecule has 0 bridgehead atoms. The number of aromatic amines is 1. The summed E-state index contributed by atoms with van der Waals surface area (Å²) >= 11 is 0. The van der Waals surface area contributed by atoms with E-state index in [9.17, 15) is 9.18 Å². The van der Waals surface area contributed by atoms with Gasteiger partial charge in [0.15, 0.2) is 0 Å². The number of carbonyl (C=O) groups excluding carboxylic acids is 1. The number of nitrogens with zero attached hydrogens (tertiary/aromatic N) is 1. The Morgan fingerprint density at radius 2 is 2.22 bits per heavy atom. The Morgan fingerprint density at radius 1 is 1.44 bits per heavy atom. The molecule has 0 unspecified atom stereocenters. The zero-order chi connectivity index (χ0) is 13.1. The molecule has 1 heterocycles. The maximum atomic E-state index is 13.6. The number of ether oxygens (including phenoxy) is 1. The van der Waals surface area contributed by atoms with Crippen LogP contribution in [0.15, 0.2) is 24.3 Å². The first-order valence-corrected chi connectivity index (χ1v) is 5.61. The number of nitrogens with one attached hydrogen (secondary N) is 1. The molecule has 1 N–H and O–H groups in total. The molecule has 0 atom stereocenters. The zero-order valence-electron chi connectivity index (χ0n) is 10.2. The van der Waals surface area contributed by atoms with Crippen LogP contribution in [0.25, 0.3) is 11.3 Å². The molecule has 4 nitrogen and oxygen atoms in total. The van der Waals surface area contributed by atoms with Gasteiger partial charge in [-0.15, -0.1) is 0 Å². The lowest BCUT2D eigenvalue weighted by molar-refractivity contribution is 0.0519. The number of benzene rings is 1. The summed E-state index contributed by atoms with van der Waals surface area (Å²) in [6.07, 6.45) is 0. The molecule has 0 spiro atoms. The van der Waals surface area contributed by atoms with Crippen LogP contribution in [-0.2, 0) is 4.74 Å². The molecule has 2 aromatic rings. The van der Waals surface area contributed by atoms with Crippen molar-refractivity contribution in [3.05, 3.63) is 41.3 Å². The number of carbonyl (C=O) groups is 1. The minimum atomic E-state index is -0.496. The molecule has 0 fully saturated rings. The molecule has 0 saturated carbocycles. The largest absolute Gasteiger partial charge is 0.461 e. The first-order chi connectivity index (χ1) is 8.61. The highest BCUT2D eigenvalue weighted by Crippen LogP contribution is 2.22. The Labute approximate surface area is 104 Å². The SMILES string of the molecule is CCOC(=O)c1cc(-c2cc(C)ccc2F)n[nH]1. The number of H-pyrrole nitrogens is 1. The van der Waals surface area contributed by atoms with Crippen LogP contribution < -0.4 is 0 Å². The predicted octanol–water partition coefficient (Wildman–Crippen LogP) is 2.70. The Morgan fingerprint density at radius 3 is 2.94 bits per heavy atom. The van der Waals surface area contributed by atoms with E-state index in [0.29, 0.717) is 11.3 Å². The van der Waals surface area contributed by atoms with Gasteiger partial charge in [0.05, 0.1) is 12.3 Å². The standard InChI is InChI=1S/C13H13FN2O2/c1-3-18-13(17)12-7-11(15-16-12)9-6-8(2)4-5-10(9)14/h4-7H,3H2,1-2H3,(H,15,16). The van der Waals surface area contributed by atoms with Crippen LogP contribution in [0.5, 0.6) is 0 Å². The van der Waals surface area contributed by atoms with E-state index in [1.54, 1.807) is 19.1 Å². The van der Waals surface area contributed by atoms with Crippen LogP contribution in [0.2, 0.25) is 0 Å². The van der Waals surface area contributed by atoms with Gasteiger partial charge in [-0.3, -0.25) is 5.10 Å². The highest BCUT2D eigenvalue weighted by Gasteiger charge is 2.14. The van der Waals surface area contributed by atoms with Gasteiger partial charge in [0, 0.05) is 5.56 Å². The number of hydrogen-bond donors (Lipinski definition) is 1. The van der Waals surface area contributed by atoms with Gasteiger partial charge in [-0.05, 0) is 32.0 Å². The van der Waals surface area contributed by atoms with Crippen LogP contribution in [0.3, 0.4) is 0 Å². The zero-order valence-corrected chi connectivity index (χ0v) is 10.2. The third-order valence-electron chi connectivity index (χ3n) is 2.47. The van der Waals surface area contributed by atoms with Crippen molar-refractivity contribution in [1.29, 1.82) is 0 Å². The van der Waals surface area contributed by atoms with E-state index in [2.05, 4.69) is 10.2 Å². The smallest absolute Gasteiger partial charge is 0.356 e. The number of aromatic nitrogens is 2.